The van der Waals surface area contributed by atoms with Gasteiger partial charge >= 0.3 is 0 Å². The van der Waals surface area contributed by atoms with Gasteiger partial charge in [-0.05, 0) is 40.5 Å². The normalized spacial score (nSPS) is 11.2. The Balaban J connectivity index is 1.42. The highest BCUT2D eigenvalue weighted by molar-refractivity contribution is 6.07. The Morgan fingerprint density at radius 1 is 0.432 bits per heavy atom. The average Bonchev–Trinajstić information content (AvgIpc) is 3.36. The second kappa shape index (κ2) is 8.89. The smallest absolute Gasteiger partial charge is 0.180 e. The molecule has 7 aromatic rings. The van der Waals surface area contributed by atoms with Gasteiger partial charge in [-0.3, -0.25) is 0 Å². The van der Waals surface area contributed by atoms with Crippen molar-refractivity contribution in [2.24, 2.45) is 0 Å². The van der Waals surface area contributed by atoms with Crippen LogP contribution in [-0.4, -0.2) is 9.97 Å². The van der Waals surface area contributed by atoms with Gasteiger partial charge in [0.15, 0.2) is 11.4 Å². The van der Waals surface area contributed by atoms with Gasteiger partial charge in [-0.15, -0.1) is 0 Å². The number of aromatic nitrogens is 2. The highest BCUT2D eigenvalue weighted by Gasteiger charge is 2.18. The molecule has 0 N–H and O–H groups in total. The van der Waals surface area contributed by atoms with Crippen LogP contribution in [0.3, 0.4) is 0 Å². The molecule has 0 radical (unpaired) electrons. The van der Waals surface area contributed by atoms with Gasteiger partial charge in [0.2, 0.25) is 0 Å². The molecule has 0 fully saturated rings. The van der Waals surface area contributed by atoms with E-state index in [4.69, 9.17) is 14.4 Å². The van der Waals surface area contributed by atoms with E-state index in [1.165, 1.54) is 5.56 Å². The lowest BCUT2D eigenvalue weighted by atomic mass is 10.0. The fraction of sp³-hybridized carbons (Fsp3) is 0. The molecule has 0 bridgehead atoms. The zero-order chi connectivity index (χ0) is 24.6. The molecule has 0 saturated carbocycles. The Labute approximate surface area is 214 Å². The van der Waals surface area contributed by atoms with Crippen LogP contribution in [0.5, 0.6) is 0 Å². The number of benzene rings is 5. The number of furan rings is 1. The van der Waals surface area contributed by atoms with Crippen LogP contribution in [0.15, 0.2) is 138 Å². The molecule has 174 valence electrons. The molecule has 0 aliphatic carbocycles. The van der Waals surface area contributed by atoms with Gasteiger partial charge in [0, 0.05) is 16.5 Å². The first-order valence-corrected chi connectivity index (χ1v) is 12.3. The van der Waals surface area contributed by atoms with Crippen molar-refractivity contribution in [1.29, 1.82) is 0 Å². The first-order valence-electron chi connectivity index (χ1n) is 12.3. The quantitative estimate of drug-likeness (QED) is 0.255. The minimum Gasteiger partial charge on any atom is -0.452 e. The molecule has 0 unspecified atom stereocenters. The summed E-state index contributed by atoms with van der Waals surface area (Å²) in [6.07, 6.45) is 0. The molecule has 0 aliphatic heterocycles. The predicted octanol–water partition coefficient (Wildman–Crippen LogP) is 9.04. The molecule has 0 aliphatic rings. The SMILES string of the molecule is c1ccc(-c2ccc(-c3nc(-c4cccc(-c5ccccc5)c4)nc4c3oc3ccccc34)cc2)cc1. The first-order chi connectivity index (χ1) is 18.3. The molecule has 5 aromatic carbocycles. The summed E-state index contributed by atoms with van der Waals surface area (Å²) in [5.74, 6) is 0.680. The molecule has 2 aromatic heterocycles. The molecule has 0 amide bonds. The fourth-order valence-corrected chi connectivity index (χ4v) is 4.84. The number of rotatable bonds is 4. The summed E-state index contributed by atoms with van der Waals surface area (Å²) in [6, 6.07) is 45.7. The molecule has 0 atom stereocenters. The van der Waals surface area contributed by atoms with E-state index in [1.807, 2.05) is 30.3 Å². The third-order valence-electron chi connectivity index (χ3n) is 6.71. The van der Waals surface area contributed by atoms with Gasteiger partial charge in [-0.2, -0.15) is 0 Å². The van der Waals surface area contributed by atoms with Gasteiger partial charge in [0.05, 0.1) is 0 Å². The topological polar surface area (TPSA) is 38.9 Å². The van der Waals surface area contributed by atoms with Gasteiger partial charge in [-0.1, -0.05) is 115 Å². The maximum absolute atomic E-state index is 6.31. The molecule has 3 heteroatoms. The van der Waals surface area contributed by atoms with E-state index in [1.54, 1.807) is 0 Å². The van der Waals surface area contributed by atoms with Crippen LogP contribution < -0.4 is 0 Å². The van der Waals surface area contributed by atoms with E-state index < -0.39 is 0 Å². The highest BCUT2D eigenvalue weighted by Crippen LogP contribution is 2.36. The van der Waals surface area contributed by atoms with E-state index in [9.17, 15) is 0 Å². The second-order valence-electron chi connectivity index (χ2n) is 9.06. The summed E-state index contributed by atoms with van der Waals surface area (Å²) in [5.41, 5.74) is 9.74. The van der Waals surface area contributed by atoms with Gasteiger partial charge in [0.1, 0.15) is 16.8 Å². The molecule has 0 saturated heterocycles. The second-order valence-corrected chi connectivity index (χ2v) is 9.06. The van der Waals surface area contributed by atoms with Crippen molar-refractivity contribution in [2.75, 3.05) is 0 Å². The van der Waals surface area contributed by atoms with Crippen LogP contribution in [0.4, 0.5) is 0 Å². The van der Waals surface area contributed by atoms with Crippen LogP contribution in [0.2, 0.25) is 0 Å². The Morgan fingerprint density at radius 2 is 1.00 bits per heavy atom. The summed E-state index contributed by atoms with van der Waals surface area (Å²) < 4.78 is 6.31. The predicted molar refractivity (Wildman–Crippen MR) is 151 cm³/mol. The minimum absolute atomic E-state index is 0.680. The maximum Gasteiger partial charge on any atom is 0.180 e. The zero-order valence-electron chi connectivity index (χ0n) is 20.0. The molecular weight excluding hydrogens is 452 g/mol. The van der Waals surface area contributed by atoms with Crippen LogP contribution in [0, 0.1) is 0 Å². The number of hydrogen-bond donors (Lipinski definition) is 0. The summed E-state index contributed by atoms with van der Waals surface area (Å²) in [6.45, 7) is 0. The van der Waals surface area contributed by atoms with Crippen molar-refractivity contribution >= 4 is 22.1 Å². The third kappa shape index (κ3) is 3.87. The lowest BCUT2D eigenvalue weighted by molar-refractivity contribution is 0.667. The van der Waals surface area contributed by atoms with Crippen LogP contribution >= 0.6 is 0 Å². The summed E-state index contributed by atoms with van der Waals surface area (Å²) in [4.78, 5) is 10.1. The largest absolute Gasteiger partial charge is 0.452 e. The third-order valence-corrected chi connectivity index (χ3v) is 6.71. The molecule has 2 heterocycles. The van der Waals surface area contributed by atoms with Crippen LogP contribution in [-0.2, 0) is 0 Å². The van der Waals surface area contributed by atoms with Gasteiger partial charge in [-0.25, -0.2) is 9.97 Å². The van der Waals surface area contributed by atoms with Crippen molar-refractivity contribution in [1.82, 2.24) is 9.97 Å². The minimum atomic E-state index is 0.680. The summed E-state index contributed by atoms with van der Waals surface area (Å²) >= 11 is 0. The number of para-hydroxylation sites is 1. The highest BCUT2D eigenvalue weighted by atomic mass is 16.3. The van der Waals surface area contributed by atoms with Crippen molar-refractivity contribution in [3.63, 3.8) is 0 Å². The number of fused-ring (bicyclic) bond motifs is 3. The summed E-state index contributed by atoms with van der Waals surface area (Å²) in [7, 11) is 0. The van der Waals surface area contributed by atoms with Gasteiger partial charge < -0.3 is 4.42 Å². The van der Waals surface area contributed by atoms with E-state index in [0.717, 1.165) is 50.0 Å². The lowest BCUT2D eigenvalue weighted by Crippen LogP contribution is -1.94. The maximum atomic E-state index is 6.31. The molecule has 0 spiro atoms. The van der Waals surface area contributed by atoms with Crippen molar-refractivity contribution in [3.05, 3.63) is 133 Å². The van der Waals surface area contributed by atoms with Gasteiger partial charge in [0.25, 0.3) is 0 Å². The molecule has 3 nitrogen and oxygen atoms in total. The Bertz CT molecular complexity index is 1850. The molecule has 37 heavy (non-hydrogen) atoms. The Kier molecular flexibility index (Phi) is 5.11. The number of nitrogens with zero attached hydrogens (tertiary/aromatic N) is 2. The van der Waals surface area contributed by atoms with Crippen molar-refractivity contribution in [2.45, 2.75) is 0 Å². The van der Waals surface area contributed by atoms with Crippen LogP contribution in [0.25, 0.3) is 67.0 Å². The Morgan fingerprint density at radius 3 is 1.76 bits per heavy atom. The van der Waals surface area contributed by atoms with E-state index >= 15 is 0 Å². The van der Waals surface area contributed by atoms with E-state index in [2.05, 4.69) is 103 Å². The molecule has 7 rings (SSSR count). The monoisotopic (exact) mass is 474 g/mol. The fourth-order valence-electron chi connectivity index (χ4n) is 4.84. The van der Waals surface area contributed by atoms with Crippen LogP contribution in [0.1, 0.15) is 0 Å². The van der Waals surface area contributed by atoms with Crippen molar-refractivity contribution < 1.29 is 4.42 Å². The standard InChI is InChI=1S/C34H22N2O/c1-3-10-23(11-4-1)25-18-20-26(21-19-25)31-33-32(29-16-7-8-17-30(29)37-33)36-34(35-31)28-15-9-14-27(22-28)24-12-5-2-6-13-24/h1-22H. The van der Waals surface area contributed by atoms with E-state index in [-0.39, 0.29) is 0 Å². The molecular formula is C34H22N2O. The Hall–Kier alpha value is -5.02. The van der Waals surface area contributed by atoms with Crippen molar-refractivity contribution in [3.8, 4) is 44.9 Å². The van der Waals surface area contributed by atoms with E-state index in [0.29, 0.717) is 11.4 Å². The summed E-state index contributed by atoms with van der Waals surface area (Å²) in [5, 5.41) is 0.988. The first kappa shape index (κ1) is 21.3. The average molecular weight is 475 g/mol. The zero-order valence-corrected chi connectivity index (χ0v) is 20.0. The lowest BCUT2D eigenvalue weighted by Gasteiger charge is -2.09. The number of hydrogen-bond acceptors (Lipinski definition) is 3.